The fraction of sp³-hybridized carbons (Fsp3) is 0.188. The van der Waals surface area contributed by atoms with Gasteiger partial charge in [0, 0.05) is 20.7 Å². The van der Waals surface area contributed by atoms with Gasteiger partial charge in [0.15, 0.2) is 0 Å². The molecule has 1 atom stereocenters. The van der Waals surface area contributed by atoms with E-state index in [1.807, 2.05) is 36.4 Å². The Hall–Kier alpha value is -1.33. The minimum atomic E-state index is -0.332. The topological polar surface area (TPSA) is 55.1 Å². The second-order valence-electron chi connectivity index (χ2n) is 4.83. The van der Waals surface area contributed by atoms with Crippen LogP contribution < -0.4 is 11.1 Å². The molecule has 0 aliphatic carbocycles. The van der Waals surface area contributed by atoms with Crippen LogP contribution in [0.1, 0.15) is 24.1 Å². The van der Waals surface area contributed by atoms with Crippen molar-refractivity contribution >= 4 is 43.5 Å². The van der Waals surface area contributed by atoms with Crippen LogP contribution in [0.25, 0.3) is 0 Å². The highest BCUT2D eigenvalue weighted by Gasteiger charge is 2.12. The van der Waals surface area contributed by atoms with Gasteiger partial charge >= 0.3 is 0 Å². The summed E-state index contributed by atoms with van der Waals surface area (Å²) < 4.78 is 2.06. The highest BCUT2D eigenvalue weighted by molar-refractivity contribution is 9.11. The number of carbonyl (C=O) groups is 1. The molecule has 0 spiro atoms. The smallest absolute Gasteiger partial charge is 0.221 e. The number of hydrogen-bond acceptors (Lipinski definition) is 2. The molecule has 0 aliphatic heterocycles. The molecular weight excluding hydrogens is 396 g/mol. The Balaban J connectivity index is 2.23. The van der Waals surface area contributed by atoms with E-state index in [0.29, 0.717) is 0 Å². The number of carbonyl (C=O) groups excluding carboxylic acids is 1. The van der Waals surface area contributed by atoms with Crippen LogP contribution in [0.4, 0.5) is 5.69 Å². The van der Waals surface area contributed by atoms with Gasteiger partial charge in [-0.3, -0.25) is 4.79 Å². The molecule has 1 unspecified atom stereocenters. The van der Waals surface area contributed by atoms with E-state index in [1.165, 1.54) is 0 Å². The summed E-state index contributed by atoms with van der Waals surface area (Å²) >= 11 is 7.02. The van der Waals surface area contributed by atoms with Crippen LogP contribution in [0.3, 0.4) is 0 Å². The Morgan fingerprint density at radius 1 is 1.24 bits per heavy atom. The lowest BCUT2D eigenvalue weighted by atomic mass is 10.1. The minimum absolute atomic E-state index is 0.0986. The van der Waals surface area contributed by atoms with Crippen molar-refractivity contribution in [1.82, 2.24) is 0 Å². The van der Waals surface area contributed by atoms with Crippen molar-refractivity contribution in [2.75, 3.05) is 5.32 Å². The van der Waals surface area contributed by atoms with E-state index in [1.54, 1.807) is 0 Å². The van der Waals surface area contributed by atoms with E-state index in [2.05, 4.69) is 50.2 Å². The molecule has 0 fully saturated rings. The Morgan fingerprint density at radius 2 is 1.95 bits per heavy atom. The summed E-state index contributed by atoms with van der Waals surface area (Å²) in [4.78, 5) is 11.2. The van der Waals surface area contributed by atoms with Gasteiger partial charge < -0.3 is 11.1 Å². The molecule has 0 aromatic heterocycles. The number of para-hydroxylation sites is 1. The zero-order valence-corrected chi connectivity index (χ0v) is 14.7. The number of anilines is 1. The molecule has 110 valence electrons. The molecule has 0 heterocycles. The predicted molar refractivity (Wildman–Crippen MR) is 93.2 cm³/mol. The van der Waals surface area contributed by atoms with Gasteiger partial charge in [0.1, 0.15) is 0 Å². The number of benzene rings is 2. The minimum Gasteiger partial charge on any atom is -0.378 e. The molecule has 0 saturated heterocycles. The SMILES string of the molecule is CC(Nc1ccccc1CC(N)=O)c1ccc(Br)cc1Br. The predicted octanol–water partition coefficient (Wildman–Crippen LogP) is 4.41. The van der Waals surface area contributed by atoms with Gasteiger partial charge in [-0.2, -0.15) is 0 Å². The van der Waals surface area contributed by atoms with Crippen molar-refractivity contribution in [1.29, 1.82) is 0 Å². The summed E-state index contributed by atoms with van der Waals surface area (Å²) in [6, 6.07) is 13.9. The molecule has 3 nitrogen and oxygen atoms in total. The van der Waals surface area contributed by atoms with Crippen molar-refractivity contribution < 1.29 is 4.79 Å². The molecule has 0 bridgehead atoms. The highest BCUT2D eigenvalue weighted by atomic mass is 79.9. The summed E-state index contributed by atoms with van der Waals surface area (Å²) in [5.74, 6) is -0.332. The average Bonchev–Trinajstić information content (AvgIpc) is 2.40. The highest BCUT2D eigenvalue weighted by Crippen LogP contribution is 2.30. The van der Waals surface area contributed by atoms with Crippen LogP contribution >= 0.6 is 31.9 Å². The molecule has 21 heavy (non-hydrogen) atoms. The van der Waals surface area contributed by atoms with E-state index in [4.69, 9.17) is 5.73 Å². The molecule has 5 heteroatoms. The van der Waals surface area contributed by atoms with Gasteiger partial charge in [0.2, 0.25) is 5.91 Å². The van der Waals surface area contributed by atoms with Crippen LogP contribution in [0.15, 0.2) is 51.4 Å². The Kier molecular flexibility index (Phi) is 5.42. The second kappa shape index (κ2) is 7.09. The van der Waals surface area contributed by atoms with Crippen molar-refractivity contribution in [3.05, 3.63) is 62.5 Å². The van der Waals surface area contributed by atoms with Gasteiger partial charge in [0.05, 0.1) is 6.42 Å². The van der Waals surface area contributed by atoms with E-state index in [9.17, 15) is 4.79 Å². The molecule has 0 radical (unpaired) electrons. The Morgan fingerprint density at radius 3 is 2.62 bits per heavy atom. The number of nitrogens with one attached hydrogen (secondary N) is 1. The number of hydrogen-bond donors (Lipinski definition) is 2. The summed E-state index contributed by atoms with van der Waals surface area (Å²) in [5, 5.41) is 3.44. The van der Waals surface area contributed by atoms with Crippen LogP contribution in [-0.4, -0.2) is 5.91 Å². The third-order valence-electron chi connectivity index (χ3n) is 3.18. The normalized spacial score (nSPS) is 12.0. The maximum absolute atomic E-state index is 11.2. The van der Waals surface area contributed by atoms with Crippen LogP contribution in [0.2, 0.25) is 0 Å². The summed E-state index contributed by atoms with van der Waals surface area (Å²) in [5.41, 5.74) is 8.28. The van der Waals surface area contributed by atoms with Crippen molar-refractivity contribution in [2.45, 2.75) is 19.4 Å². The molecular formula is C16H16Br2N2O. The summed E-state index contributed by atoms with van der Waals surface area (Å²) in [6.45, 7) is 2.08. The van der Waals surface area contributed by atoms with E-state index < -0.39 is 0 Å². The van der Waals surface area contributed by atoms with Gasteiger partial charge in [-0.1, -0.05) is 56.1 Å². The largest absolute Gasteiger partial charge is 0.378 e. The summed E-state index contributed by atoms with van der Waals surface area (Å²) in [6.07, 6.45) is 0.234. The Bertz CT molecular complexity index is 658. The van der Waals surface area contributed by atoms with Gasteiger partial charge in [-0.25, -0.2) is 0 Å². The standard InChI is InChI=1S/C16H16Br2N2O/c1-10(13-7-6-12(17)9-14(13)18)20-15-5-3-2-4-11(15)8-16(19)21/h2-7,9-10,20H,8H2,1H3,(H2,19,21). The fourth-order valence-electron chi connectivity index (χ4n) is 2.17. The van der Waals surface area contributed by atoms with Crippen LogP contribution in [0.5, 0.6) is 0 Å². The van der Waals surface area contributed by atoms with Gasteiger partial charge in [-0.15, -0.1) is 0 Å². The fourth-order valence-corrected chi connectivity index (χ4v) is 3.56. The zero-order chi connectivity index (χ0) is 15.4. The number of rotatable bonds is 5. The van der Waals surface area contributed by atoms with E-state index >= 15 is 0 Å². The van der Waals surface area contributed by atoms with Gasteiger partial charge in [0.25, 0.3) is 0 Å². The van der Waals surface area contributed by atoms with E-state index in [-0.39, 0.29) is 18.4 Å². The maximum atomic E-state index is 11.2. The molecule has 0 saturated carbocycles. The number of nitrogens with two attached hydrogens (primary N) is 1. The lowest BCUT2D eigenvalue weighted by Crippen LogP contribution is -2.16. The van der Waals surface area contributed by atoms with Crippen molar-refractivity contribution in [3.63, 3.8) is 0 Å². The molecule has 2 aromatic carbocycles. The first-order valence-electron chi connectivity index (χ1n) is 6.55. The molecule has 0 aliphatic rings. The first-order chi connectivity index (χ1) is 9.97. The number of primary amides is 1. The quantitative estimate of drug-likeness (QED) is 0.765. The summed E-state index contributed by atoms with van der Waals surface area (Å²) in [7, 11) is 0. The molecule has 2 rings (SSSR count). The molecule has 2 aromatic rings. The monoisotopic (exact) mass is 410 g/mol. The molecule has 3 N–H and O–H groups in total. The first-order valence-corrected chi connectivity index (χ1v) is 8.13. The average molecular weight is 412 g/mol. The maximum Gasteiger partial charge on any atom is 0.221 e. The molecule has 1 amide bonds. The lowest BCUT2D eigenvalue weighted by molar-refractivity contribution is -0.117. The first kappa shape index (κ1) is 16.0. The van der Waals surface area contributed by atoms with Crippen LogP contribution in [-0.2, 0) is 11.2 Å². The second-order valence-corrected chi connectivity index (χ2v) is 6.60. The van der Waals surface area contributed by atoms with Gasteiger partial charge in [-0.05, 0) is 36.2 Å². The Labute approximate surface area is 141 Å². The number of amides is 1. The van der Waals surface area contributed by atoms with Crippen molar-refractivity contribution in [2.24, 2.45) is 5.73 Å². The third kappa shape index (κ3) is 4.32. The number of halogens is 2. The third-order valence-corrected chi connectivity index (χ3v) is 4.36. The van der Waals surface area contributed by atoms with Crippen molar-refractivity contribution in [3.8, 4) is 0 Å². The van der Waals surface area contributed by atoms with Crippen LogP contribution in [0, 0.1) is 0 Å². The zero-order valence-electron chi connectivity index (χ0n) is 11.6. The lowest BCUT2D eigenvalue weighted by Gasteiger charge is -2.19. The van der Waals surface area contributed by atoms with E-state index in [0.717, 1.165) is 25.8 Å².